The van der Waals surface area contributed by atoms with Gasteiger partial charge in [-0.3, -0.25) is 9.89 Å². The molecule has 1 fully saturated rings. The Bertz CT molecular complexity index is 765. The molecule has 2 aromatic rings. The summed E-state index contributed by atoms with van der Waals surface area (Å²) in [7, 11) is 0. The number of aromatic nitrogens is 2. The Morgan fingerprint density at radius 1 is 1.35 bits per heavy atom. The quantitative estimate of drug-likeness (QED) is 0.854. The molecule has 1 amide bonds. The molecule has 0 saturated carbocycles. The van der Waals surface area contributed by atoms with Crippen LogP contribution in [0.1, 0.15) is 16.9 Å². The zero-order valence-electron chi connectivity index (χ0n) is 11.9. The minimum absolute atomic E-state index is 0.0494. The first kappa shape index (κ1) is 15.7. The lowest BCUT2D eigenvalue weighted by atomic mass is 10.1. The molecule has 0 bridgehead atoms. The third kappa shape index (κ3) is 2.74. The highest BCUT2D eigenvalue weighted by molar-refractivity contribution is 9.10. The van der Waals surface area contributed by atoms with E-state index in [0.29, 0.717) is 10.2 Å². The fourth-order valence-electron chi connectivity index (χ4n) is 2.54. The normalized spacial score (nSPS) is 20.7. The number of H-pyrrole nitrogens is 1. The number of hydrogen-bond acceptors (Lipinski definition) is 3. The predicted octanol–water partition coefficient (Wildman–Crippen LogP) is 2.48. The Labute approximate surface area is 139 Å². The van der Waals surface area contributed by atoms with Crippen molar-refractivity contribution in [2.45, 2.75) is 12.1 Å². The first-order chi connectivity index (χ1) is 10.9. The van der Waals surface area contributed by atoms with Gasteiger partial charge in [-0.25, -0.2) is 9.18 Å². The lowest BCUT2D eigenvalue weighted by molar-refractivity contribution is -0.149. The molecule has 1 aliphatic rings. The largest absolute Gasteiger partial charge is 0.479 e. The Balaban J connectivity index is 1.85. The maximum absolute atomic E-state index is 14.1. The van der Waals surface area contributed by atoms with Crippen molar-refractivity contribution in [2.75, 3.05) is 13.1 Å². The zero-order chi connectivity index (χ0) is 16.6. The summed E-state index contributed by atoms with van der Waals surface area (Å²) in [4.78, 5) is 24.6. The van der Waals surface area contributed by atoms with Crippen molar-refractivity contribution >= 4 is 27.8 Å². The summed E-state index contributed by atoms with van der Waals surface area (Å²) in [6.07, 6.45) is -0.217. The molecule has 23 heavy (non-hydrogen) atoms. The van der Waals surface area contributed by atoms with E-state index in [1.807, 2.05) is 30.3 Å². The van der Waals surface area contributed by atoms with E-state index in [2.05, 4.69) is 26.1 Å². The van der Waals surface area contributed by atoms with E-state index >= 15 is 0 Å². The van der Waals surface area contributed by atoms with Gasteiger partial charge in [0.2, 0.25) is 5.67 Å². The molecule has 120 valence electrons. The number of carbonyl (C=O) groups excluding carboxylic acids is 1. The minimum atomic E-state index is -2.38. The third-order valence-electron chi connectivity index (χ3n) is 3.86. The van der Waals surface area contributed by atoms with Gasteiger partial charge in [0.15, 0.2) is 0 Å². The summed E-state index contributed by atoms with van der Waals surface area (Å²) < 4.78 is 14.6. The van der Waals surface area contributed by atoms with Gasteiger partial charge < -0.3 is 10.0 Å². The summed E-state index contributed by atoms with van der Waals surface area (Å²) in [5.41, 5.74) is -0.817. The molecule has 1 unspecified atom stereocenters. The predicted molar refractivity (Wildman–Crippen MR) is 83.7 cm³/mol. The van der Waals surface area contributed by atoms with E-state index in [9.17, 15) is 14.0 Å². The molecule has 1 aliphatic heterocycles. The van der Waals surface area contributed by atoms with Gasteiger partial charge in [-0.2, -0.15) is 5.10 Å². The van der Waals surface area contributed by atoms with Gasteiger partial charge in [0, 0.05) is 18.5 Å². The molecule has 2 N–H and O–H groups in total. The number of carbonyl (C=O) groups is 2. The Morgan fingerprint density at radius 3 is 2.65 bits per heavy atom. The second-order valence-corrected chi connectivity index (χ2v) is 6.17. The molecule has 1 atom stereocenters. The van der Waals surface area contributed by atoms with Gasteiger partial charge in [-0.15, -0.1) is 0 Å². The fraction of sp³-hybridized carbons (Fsp3) is 0.267. The number of nitrogens with zero attached hydrogens (tertiary/aromatic N) is 2. The fourth-order valence-corrected chi connectivity index (χ4v) is 3.11. The van der Waals surface area contributed by atoms with E-state index in [4.69, 9.17) is 5.11 Å². The van der Waals surface area contributed by atoms with Crippen LogP contribution in [0.25, 0.3) is 11.3 Å². The van der Waals surface area contributed by atoms with E-state index in [-0.39, 0.29) is 18.7 Å². The summed E-state index contributed by atoms with van der Waals surface area (Å²) in [6.45, 7) is -0.416. The van der Waals surface area contributed by atoms with Gasteiger partial charge in [0.05, 0.1) is 11.0 Å². The van der Waals surface area contributed by atoms with Crippen molar-refractivity contribution in [2.24, 2.45) is 0 Å². The summed E-state index contributed by atoms with van der Waals surface area (Å²) in [5.74, 6) is -2.02. The van der Waals surface area contributed by atoms with Crippen LogP contribution in [-0.2, 0) is 4.79 Å². The summed E-state index contributed by atoms with van der Waals surface area (Å²) in [6, 6.07) is 9.27. The first-order valence-electron chi connectivity index (χ1n) is 6.93. The van der Waals surface area contributed by atoms with Crippen molar-refractivity contribution < 1.29 is 19.1 Å². The number of likely N-dealkylation sites (tertiary alicyclic amines) is 1. The number of rotatable bonds is 3. The van der Waals surface area contributed by atoms with E-state index < -0.39 is 24.1 Å². The van der Waals surface area contributed by atoms with Crippen LogP contribution in [0.2, 0.25) is 0 Å². The summed E-state index contributed by atoms with van der Waals surface area (Å²) in [5, 5.41) is 15.7. The maximum atomic E-state index is 14.1. The smallest absolute Gasteiger partial charge is 0.343 e. The first-order valence-corrected chi connectivity index (χ1v) is 7.72. The highest BCUT2D eigenvalue weighted by Crippen LogP contribution is 2.32. The molecule has 0 aliphatic carbocycles. The number of hydrogen-bond donors (Lipinski definition) is 2. The van der Waals surface area contributed by atoms with Gasteiger partial charge in [0.1, 0.15) is 11.4 Å². The van der Waals surface area contributed by atoms with E-state index in [1.54, 1.807) is 0 Å². The van der Waals surface area contributed by atoms with Crippen LogP contribution < -0.4 is 0 Å². The SMILES string of the molecule is O=C(c1[nH]nc(-c2ccccc2)c1Br)N1CCC(F)(C(=O)O)C1. The second-order valence-electron chi connectivity index (χ2n) is 5.37. The van der Waals surface area contributed by atoms with Gasteiger partial charge in [0.25, 0.3) is 5.91 Å². The minimum Gasteiger partial charge on any atom is -0.479 e. The molecule has 0 spiro atoms. The van der Waals surface area contributed by atoms with Crippen LogP contribution in [0.5, 0.6) is 0 Å². The molecule has 8 heteroatoms. The van der Waals surface area contributed by atoms with Crippen LogP contribution in [0.3, 0.4) is 0 Å². The molecular weight excluding hydrogens is 369 g/mol. The Morgan fingerprint density at radius 2 is 2.04 bits per heavy atom. The van der Waals surface area contributed by atoms with Gasteiger partial charge >= 0.3 is 5.97 Å². The average Bonchev–Trinajstić information content (AvgIpc) is 3.12. The molecular formula is C15H13BrFN3O3. The Kier molecular flexibility index (Phi) is 3.93. The molecule has 6 nitrogen and oxygen atoms in total. The van der Waals surface area contributed by atoms with Crippen molar-refractivity contribution in [3.05, 3.63) is 40.5 Å². The number of benzene rings is 1. The lowest BCUT2D eigenvalue weighted by Crippen LogP contribution is -2.39. The highest BCUT2D eigenvalue weighted by atomic mass is 79.9. The van der Waals surface area contributed by atoms with Crippen LogP contribution in [0.4, 0.5) is 4.39 Å². The number of nitrogens with one attached hydrogen (secondary N) is 1. The summed E-state index contributed by atoms with van der Waals surface area (Å²) >= 11 is 3.34. The Hall–Kier alpha value is -2.22. The second kappa shape index (κ2) is 5.77. The van der Waals surface area contributed by atoms with Gasteiger partial charge in [-0.05, 0) is 15.9 Å². The number of alkyl halides is 1. The van der Waals surface area contributed by atoms with E-state index in [0.717, 1.165) is 5.56 Å². The van der Waals surface area contributed by atoms with Crippen LogP contribution in [0.15, 0.2) is 34.8 Å². The third-order valence-corrected chi connectivity index (χ3v) is 4.63. The molecule has 2 heterocycles. The van der Waals surface area contributed by atoms with E-state index in [1.165, 1.54) is 4.90 Å². The van der Waals surface area contributed by atoms with Crippen molar-refractivity contribution in [3.8, 4) is 11.3 Å². The molecule has 3 rings (SSSR count). The number of carboxylic acid groups (broad SMARTS) is 1. The number of carboxylic acids is 1. The standard InChI is InChI=1S/C15H13BrFN3O3/c16-10-11(9-4-2-1-3-5-9)18-19-12(10)13(21)20-7-6-15(17,8-20)14(22)23/h1-5H,6-8H2,(H,18,19)(H,22,23). The molecule has 1 aromatic heterocycles. The molecule has 1 aromatic carbocycles. The van der Waals surface area contributed by atoms with Crippen molar-refractivity contribution in [1.29, 1.82) is 0 Å². The average molecular weight is 382 g/mol. The monoisotopic (exact) mass is 381 g/mol. The number of aliphatic carboxylic acids is 1. The van der Waals surface area contributed by atoms with Crippen LogP contribution in [-0.4, -0.2) is 50.8 Å². The topological polar surface area (TPSA) is 86.3 Å². The van der Waals surface area contributed by atoms with Crippen LogP contribution in [0, 0.1) is 0 Å². The number of amides is 1. The van der Waals surface area contributed by atoms with Gasteiger partial charge in [-0.1, -0.05) is 30.3 Å². The van der Waals surface area contributed by atoms with Crippen molar-refractivity contribution in [1.82, 2.24) is 15.1 Å². The molecule has 0 radical (unpaired) electrons. The highest BCUT2D eigenvalue weighted by Gasteiger charge is 2.47. The zero-order valence-corrected chi connectivity index (χ0v) is 13.5. The molecule has 1 saturated heterocycles. The number of aromatic amines is 1. The van der Waals surface area contributed by atoms with Crippen molar-refractivity contribution in [3.63, 3.8) is 0 Å². The lowest BCUT2D eigenvalue weighted by Gasteiger charge is -2.17. The van der Waals surface area contributed by atoms with Crippen LogP contribution >= 0.6 is 15.9 Å². The maximum Gasteiger partial charge on any atom is 0.343 e. The number of halogens is 2.